The molecule has 0 unspecified atom stereocenters. The fourth-order valence-corrected chi connectivity index (χ4v) is 5.01. The molecule has 6 nitrogen and oxygen atoms in total. The van der Waals surface area contributed by atoms with Gasteiger partial charge in [0.25, 0.3) is 0 Å². The zero-order chi connectivity index (χ0) is 24.9. The predicted octanol–water partition coefficient (Wildman–Crippen LogP) is 6.97. The number of ether oxygens (including phenoxy) is 2. The number of anilines is 1. The molecular formula is C28H25FN2O4. The molecule has 2 N–H and O–H groups in total. The minimum absolute atomic E-state index is 0.00958. The van der Waals surface area contributed by atoms with Crippen molar-refractivity contribution in [3.8, 4) is 28.4 Å². The van der Waals surface area contributed by atoms with Crippen molar-refractivity contribution >= 4 is 23.1 Å². The average molecular weight is 473 g/mol. The number of phenolic OH excluding ortho intramolecular Hbond substituents is 1. The molecule has 2 heterocycles. The first-order valence-corrected chi connectivity index (χ1v) is 11.2. The van der Waals surface area contributed by atoms with Gasteiger partial charge in [-0.15, -0.1) is 0 Å². The molecule has 0 saturated heterocycles. The van der Waals surface area contributed by atoms with Crippen LogP contribution in [0.5, 0.6) is 17.2 Å². The zero-order valence-corrected chi connectivity index (χ0v) is 19.9. The van der Waals surface area contributed by atoms with Gasteiger partial charge in [-0.3, -0.25) is 0 Å². The smallest absolute Gasteiger partial charge is 0.172 e. The van der Waals surface area contributed by atoms with E-state index in [9.17, 15) is 14.4 Å². The maximum atomic E-state index is 13.9. The number of nitrogens with zero attached hydrogens (tertiary/aromatic N) is 1. The van der Waals surface area contributed by atoms with Gasteiger partial charge in [-0.05, 0) is 73.9 Å². The monoisotopic (exact) mass is 472 g/mol. The lowest BCUT2D eigenvalue weighted by molar-refractivity contribution is 0.371. The van der Waals surface area contributed by atoms with Crippen LogP contribution in [0, 0.1) is 10.7 Å². The van der Waals surface area contributed by atoms with Crippen LogP contribution in [0.15, 0.2) is 53.7 Å². The lowest BCUT2D eigenvalue weighted by atomic mass is 9.82. The summed E-state index contributed by atoms with van der Waals surface area (Å²) >= 11 is 0. The maximum absolute atomic E-state index is 13.9. The number of hydrogen-bond donors (Lipinski definition) is 2. The molecule has 178 valence electrons. The van der Waals surface area contributed by atoms with Gasteiger partial charge in [0, 0.05) is 22.4 Å². The Hall–Kier alpha value is -4.13. The van der Waals surface area contributed by atoms with Crippen molar-refractivity contribution in [3.05, 3.63) is 81.5 Å². The maximum Gasteiger partial charge on any atom is 0.172 e. The third-order valence-corrected chi connectivity index (χ3v) is 6.30. The van der Waals surface area contributed by atoms with Crippen molar-refractivity contribution in [2.45, 2.75) is 32.9 Å². The van der Waals surface area contributed by atoms with Crippen LogP contribution in [0.2, 0.25) is 0 Å². The largest absolute Gasteiger partial charge is 0.504 e. The van der Waals surface area contributed by atoms with Crippen LogP contribution < -0.4 is 14.8 Å². The Morgan fingerprint density at radius 2 is 1.94 bits per heavy atom. The highest BCUT2D eigenvalue weighted by Crippen LogP contribution is 2.54. The van der Waals surface area contributed by atoms with Crippen molar-refractivity contribution in [3.63, 3.8) is 0 Å². The van der Waals surface area contributed by atoms with Crippen molar-refractivity contribution in [1.82, 2.24) is 0 Å². The lowest BCUT2D eigenvalue weighted by Crippen LogP contribution is -2.32. The summed E-state index contributed by atoms with van der Waals surface area (Å²) in [5, 5.41) is 17.0. The fraction of sp³-hybridized carbons (Fsp3) is 0.214. The Bertz CT molecular complexity index is 1440. The second kappa shape index (κ2) is 8.27. The van der Waals surface area contributed by atoms with Crippen molar-refractivity contribution in [1.29, 1.82) is 0 Å². The number of nitroso groups, excluding NO2 is 1. The van der Waals surface area contributed by atoms with Crippen LogP contribution in [0.4, 0.5) is 10.1 Å². The summed E-state index contributed by atoms with van der Waals surface area (Å²) in [6, 6.07) is 11.5. The summed E-state index contributed by atoms with van der Waals surface area (Å²) in [4.78, 5) is 11.0. The molecule has 0 spiro atoms. The summed E-state index contributed by atoms with van der Waals surface area (Å²) in [5.74, 6) is 0.937. The van der Waals surface area contributed by atoms with E-state index in [-0.39, 0.29) is 17.8 Å². The molecule has 0 bridgehead atoms. The normalized spacial score (nSPS) is 16.3. The summed E-state index contributed by atoms with van der Waals surface area (Å²) in [6.45, 7) is 6.08. The summed E-state index contributed by atoms with van der Waals surface area (Å²) < 4.78 is 25.9. The number of halogens is 1. The molecule has 7 heteroatoms. The molecule has 35 heavy (non-hydrogen) atoms. The first-order valence-electron chi connectivity index (χ1n) is 11.2. The van der Waals surface area contributed by atoms with Gasteiger partial charge in [0.1, 0.15) is 23.9 Å². The second-order valence-corrected chi connectivity index (χ2v) is 9.32. The summed E-state index contributed by atoms with van der Waals surface area (Å²) in [6.07, 6.45) is 3.95. The third kappa shape index (κ3) is 3.83. The van der Waals surface area contributed by atoms with Gasteiger partial charge in [-0.1, -0.05) is 23.4 Å². The van der Waals surface area contributed by atoms with E-state index in [1.54, 1.807) is 18.2 Å². The number of methoxy groups -OCH3 is 1. The molecule has 2 aliphatic heterocycles. The van der Waals surface area contributed by atoms with E-state index < -0.39 is 5.82 Å². The van der Waals surface area contributed by atoms with Gasteiger partial charge in [-0.25, -0.2) is 4.39 Å². The van der Waals surface area contributed by atoms with E-state index in [2.05, 4.69) is 30.4 Å². The van der Waals surface area contributed by atoms with Crippen LogP contribution in [-0.2, 0) is 6.54 Å². The molecule has 0 saturated carbocycles. The number of allylic oxidation sites excluding steroid dienone is 1. The van der Waals surface area contributed by atoms with Crippen LogP contribution in [0.3, 0.4) is 0 Å². The van der Waals surface area contributed by atoms with E-state index in [0.29, 0.717) is 33.9 Å². The topological polar surface area (TPSA) is 80.2 Å². The van der Waals surface area contributed by atoms with Gasteiger partial charge in [-0.2, -0.15) is 4.91 Å². The predicted molar refractivity (Wildman–Crippen MR) is 136 cm³/mol. The Morgan fingerprint density at radius 1 is 1.14 bits per heavy atom. The molecule has 3 aromatic rings. The molecule has 0 amide bonds. The van der Waals surface area contributed by atoms with E-state index in [4.69, 9.17) is 9.47 Å². The van der Waals surface area contributed by atoms with E-state index in [1.165, 1.54) is 25.3 Å². The molecular weight excluding hydrogens is 447 g/mol. The number of fused-ring (bicyclic) bond motifs is 5. The van der Waals surface area contributed by atoms with Crippen molar-refractivity contribution < 1.29 is 19.0 Å². The Labute approximate surface area is 202 Å². The first-order chi connectivity index (χ1) is 16.7. The molecule has 0 fully saturated rings. The Balaban J connectivity index is 1.83. The number of aromatic hydroxyl groups is 1. The first kappa shape index (κ1) is 22.7. The number of nitrogens with one attached hydrogen (secondary N) is 1. The molecule has 2 aliphatic rings. The second-order valence-electron chi connectivity index (χ2n) is 9.32. The number of rotatable bonds is 4. The summed E-state index contributed by atoms with van der Waals surface area (Å²) in [7, 11) is 1.51. The minimum atomic E-state index is -0.441. The van der Waals surface area contributed by atoms with Gasteiger partial charge in [0.05, 0.1) is 18.2 Å². The van der Waals surface area contributed by atoms with E-state index >= 15 is 0 Å². The average Bonchev–Trinajstić information content (AvgIpc) is 2.80. The highest BCUT2D eigenvalue weighted by atomic mass is 19.1. The van der Waals surface area contributed by atoms with Gasteiger partial charge >= 0.3 is 0 Å². The fourth-order valence-electron chi connectivity index (χ4n) is 5.01. The SMILES string of the molecule is COc1c(O)ccc2c1-c1ccc3c(c1C(=Cc1ccc(F)cc1CN=O)O2)C(C)=CC(C)(C)N3. The third-order valence-electron chi connectivity index (χ3n) is 6.30. The quantitative estimate of drug-likeness (QED) is 0.401. The molecule has 3 aromatic carbocycles. The van der Waals surface area contributed by atoms with E-state index in [0.717, 1.165) is 28.0 Å². The Morgan fingerprint density at radius 3 is 2.69 bits per heavy atom. The summed E-state index contributed by atoms with van der Waals surface area (Å²) in [5.41, 5.74) is 6.10. The van der Waals surface area contributed by atoms with Crippen LogP contribution in [0.1, 0.15) is 43.0 Å². The van der Waals surface area contributed by atoms with Crippen LogP contribution >= 0.6 is 0 Å². The zero-order valence-electron chi connectivity index (χ0n) is 19.9. The molecule has 5 rings (SSSR count). The van der Waals surface area contributed by atoms with Crippen LogP contribution in [-0.4, -0.2) is 17.8 Å². The number of benzene rings is 3. The molecule has 0 radical (unpaired) electrons. The van der Waals surface area contributed by atoms with Crippen molar-refractivity contribution in [2.75, 3.05) is 12.4 Å². The highest BCUT2D eigenvalue weighted by Gasteiger charge is 2.33. The molecule has 0 atom stereocenters. The lowest BCUT2D eigenvalue weighted by Gasteiger charge is -2.35. The van der Waals surface area contributed by atoms with Gasteiger partial charge in [0.15, 0.2) is 11.5 Å². The van der Waals surface area contributed by atoms with Crippen molar-refractivity contribution in [2.24, 2.45) is 5.18 Å². The number of hydrogen-bond acceptors (Lipinski definition) is 6. The van der Waals surface area contributed by atoms with Gasteiger partial charge < -0.3 is 19.9 Å². The van der Waals surface area contributed by atoms with Crippen LogP contribution in [0.25, 0.3) is 28.5 Å². The van der Waals surface area contributed by atoms with E-state index in [1.807, 2.05) is 19.1 Å². The highest BCUT2D eigenvalue weighted by molar-refractivity contribution is 6.02. The Kier molecular flexibility index (Phi) is 5.35. The minimum Gasteiger partial charge on any atom is -0.504 e. The molecule has 0 aromatic heterocycles. The number of phenols is 1. The standard InChI is InChI=1S/C28H25FN2O4/c1-15-13-28(2,3)31-20-8-7-19-25(24(15)20)23(12-16-5-6-18(29)11-17(16)14-30-33)35-22-10-9-21(32)27(34-4)26(19)22/h5-13,31-32H,14H2,1-4H3. The van der Waals surface area contributed by atoms with Gasteiger partial charge in [0.2, 0.25) is 0 Å². The molecule has 0 aliphatic carbocycles.